The Kier molecular flexibility index (Phi) is 6.24. The molecule has 2 atom stereocenters. The third kappa shape index (κ3) is 3.88. The molecule has 0 fully saturated rings. The van der Waals surface area contributed by atoms with Crippen LogP contribution in [-0.2, 0) is 19.9 Å². The van der Waals surface area contributed by atoms with Gasteiger partial charge in [-0.1, -0.05) is 76.6 Å². The maximum Gasteiger partial charge on any atom is 0.432 e. The van der Waals surface area contributed by atoms with E-state index in [1.807, 2.05) is 0 Å². The number of esters is 1. The Labute approximate surface area is 151 Å². The van der Waals surface area contributed by atoms with E-state index in [2.05, 4.69) is 15.9 Å². The summed E-state index contributed by atoms with van der Waals surface area (Å²) in [4.78, 5) is 12.6. The van der Waals surface area contributed by atoms with Gasteiger partial charge in [0.1, 0.15) is 6.10 Å². The molecule has 0 heterocycles. The summed E-state index contributed by atoms with van der Waals surface area (Å²) >= 11 is 3.18. The second-order valence-corrected chi connectivity index (χ2v) is 5.86. The summed E-state index contributed by atoms with van der Waals surface area (Å²) in [7, 11) is 0.841. The van der Waals surface area contributed by atoms with Crippen LogP contribution < -0.4 is 0 Å². The molecule has 0 saturated heterocycles. The van der Waals surface area contributed by atoms with Gasteiger partial charge in [-0.25, -0.2) is 4.79 Å². The average Bonchev–Trinajstić information content (AvgIpc) is 2.61. The minimum Gasteiger partial charge on any atom is -0.454 e. The molecule has 0 aromatic heterocycles. The summed E-state index contributed by atoms with van der Waals surface area (Å²) in [5.41, 5.74) is -2.95. The Balaban J connectivity index is 2.43. The van der Waals surface area contributed by atoms with E-state index in [9.17, 15) is 18.0 Å². The third-order valence-corrected chi connectivity index (χ3v) is 4.32. The minimum atomic E-state index is -4.99. The van der Waals surface area contributed by atoms with Crippen LogP contribution in [0.25, 0.3) is 0 Å². The van der Waals surface area contributed by atoms with Crippen LogP contribution in [0.1, 0.15) is 17.2 Å². The fraction of sp³-hybridized carbons (Fsp3) is 0.278. The molecule has 0 aliphatic rings. The monoisotopic (exact) mass is 416 g/mol. The molecule has 0 bridgehead atoms. The van der Waals surface area contributed by atoms with E-state index < -0.39 is 23.9 Å². The minimum absolute atomic E-state index is 0.148. The average molecular weight is 417 g/mol. The zero-order valence-corrected chi connectivity index (χ0v) is 14.9. The SMILES string of the molecule is CO[C@@](C(=O)O[C@H](CBr)c1ccccc1)(c1ccccc1)C(F)(F)F. The lowest BCUT2D eigenvalue weighted by atomic mass is 9.92. The van der Waals surface area contributed by atoms with E-state index in [0.29, 0.717) is 5.56 Å². The standard InChI is InChI=1S/C18H16BrF3O3/c1-24-17(18(20,21)22,14-10-6-3-7-11-14)16(23)25-15(12-19)13-8-4-2-5-9-13/h2-11,15H,12H2,1H3/t15-,17-/m1/s1. The van der Waals surface area contributed by atoms with Crippen LogP contribution in [-0.4, -0.2) is 24.6 Å². The summed E-state index contributed by atoms with van der Waals surface area (Å²) in [6.07, 6.45) is -5.87. The van der Waals surface area contributed by atoms with Crippen LogP contribution in [0.15, 0.2) is 60.7 Å². The summed E-state index contributed by atoms with van der Waals surface area (Å²) in [6.45, 7) is 0. The van der Waals surface area contributed by atoms with E-state index in [1.165, 1.54) is 24.3 Å². The Morgan fingerprint density at radius 1 is 1.04 bits per heavy atom. The molecule has 2 aromatic rings. The number of hydrogen-bond donors (Lipinski definition) is 0. The smallest absolute Gasteiger partial charge is 0.432 e. The van der Waals surface area contributed by atoms with E-state index in [-0.39, 0.29) is 10.9 Å². The Morgan fingerprint density at radius 3 is 2.00 bits per heavy atom. The largest absolute Gasteiger partial charge is 0.454 e. The van der Waals surface area contributed by atoms with Crippen molar-refractivity contribution >= 4 is 21.9 Å². The number of methoxy groups -OCH3 is 1. The molecule has 2 rings (SSSR count). The highest BCUT2D eigenvalue weighted by atomic mass is 79.9. The van der Waals surface area contributed by atoms with Gasteiger partial charge in [-0.2, -0.15) is 13.2 Å². The zero-order chi connectivity index (χ0) is 18.5. The second-order valence-electron chi connectivity index (χ2n) is 5.21. The quantitative estimate of drug-likeness (QED) is 0.502. The van der Waals surface area contributed by atoms with Crippen LogP contribution in [0.3, 0.4) is 0 Å². The number of carbonyl (C=O) groups excluding carboxylic acids is 1. The molecule has 7 heteroatoms. The molecular weight excluding hydrogens is 401 g/mol. The van der Waals surface area contributed by atoms with Crippen molar-refractivity contribution < 1.29 is 27.4 Å². The number of carbonyl (C=O) groups is 1. The van der Waals surface area contributed by atoms with Crippen molar-refractivity contribution in [2.75, 3.05) is 12.4 Å². The van der Waals surface area contributed by atoms with E-state index in [1.54, 1.807) is 36.4 Å². The third-order valence-electron chi connectivity index (χ3n) is 3.73. The molecule has 2 aromatic carbocycles. The molecule has 0 radical (unpaired) electrons. The van der Waals surface area contributed by atoms with Crippen LogP contribution in [0.4, 0.5) is 13.2 Å². The summed E-state index contributed by atoms with van der Waals surface area (Å²) < 4.78 is 51.4. The van der Waals surface area contributed by atoms with Gasteiger partial charge >= 0.3 is 12.1 Å². The van der Waals surface area contributed by atoms with E-state index in [4.69, 9.17) is 9.47 Å². The van der Waals surface area contributed by atoms with Gasteiger partial charge in [-0.15, -0.1) is 0 Å². The predicted octanol–water partition coefficient (Wildman–Crippen LogP) is 4.77. The molecule has 0 unspecified atom stereocenters. The first kappa shape index (κ1) is 19.5. The van der Waals surface area contributed by atoms with Crippen molar-refractivity contribution in [3.8, 4) is 0 Å². The Hall–Kier alpha value is -1.86. The van der Waals surface area contributed by atoms with E-state index in [0.717, 1.165) is 7.11 Å². The van der Waals surface area contributed by atoms with Crippen molar-refractivity contribution in [1.29, 1.82) is 0 Å². The van der Waals surface area contributed by atoms with Gasteiger partial charge in [0.15, 0.2) is 0 Å². The van der Waals surface area contributed by atoms with Gasteiger partial charge in [0, 0.05) is 18.0 Å². The van der Waals surface area contributed by atoms with Crippen molar-refractivity contribution in [3.63, 3.8) is 0 Å². The molecular formula is C18H16BrF3O3. The van der Waals surface area contributed by atoms with Crippen molar-refractivity contribution in [2.24, 2.45) is 0 Å². The van der Waals surface area contributed by atoms with Crippen LogP contribution in [0.5, 0.6) is 0 Å². The first-order chi connectivity index (χ1) is 11.9. The van der Waals surface area contributed by atoms with Crippen LogP contribution in [0.2, 0.25) is 0 Å². The van der Waals surface area contributed by atoms with Crippen LogP contribution in [0, 0.1) is 0 Å². The normalized spacial score (nSPS) is 15.2. The fourth-order valence-corrected chi connectivity index (χ4v) is 2.96. The van der Waals surface area contributed by atoms with Crippen molar-refractivity contribution in [3.05, 3.63) is 71.8 Å². The molecule has 0 N–H and O–H groups in total. The molecule has 0 saturated carbocycles. The van der Waals surface area contributed by atoms with Crippen molar-refractivity contribution in [2.45, 2.75) is 17.9 Å². The number of benzene rings is 2. The lowest BCUT2D eigenvalue weighted by molar-refractivity contribution is -0.278. The molecule has 25 heavy (non-hydrogen) atoms. The van der Waals surface area contributed by atoms with Gasteiger partial charge in [0.2, 0.25) is 0 Å². The van der Waals surface area contributed by atoms with Gasteiger partial charge in [-0.3, -0.25) is 0 Å². The van der Waals surface area contributed by atoms with Gasteiger partial charge in [-0.05, 0) is 5.56 Å². The lowest BCUT2D eigenvalue weighted by Crippen LogP contribution is -2.52. The predicted molar refractivity (Wildman–Crippen MR) is 90.3 cm³/mol. The molecule has 0 amide bonds. The number of rotatable bonds is 6. The maximum absolute atomic E-state index is 13.8. The summed E-state index contributed by atoms with van der Waals surface area (Å²) in [5, 5.41) is 0.148. The van der Waals surface area contributed by atoms with Gasteiger partial charge in [0.05, 0.1) is 0 Å². The summed E-state index contributed by atoms with van der Waals surface area (Å²) in [6, 6.07) is 15.3. The number of hydrogen-bond acceptors (Lipinski definition) is 3. The Bertz CT molecular complexity index is 692. The van der Waals surface area contributed by atoms with Crippen molar-refractivity contribution in [1.82, 2.24) is 0 Å². The second kappa shape index (κ2) is 8.01. The lowest BCUT2D eigenvalue weighted by Gasteiger charge is -2.33. The van der Waals surface area contributed by atoms with Gasteiger partial charge in [0.25, 0.3) is 5.60 Å². The fourth-order valence-electron chi connectivity index (χ4n) is 2.46. The molecule has 0 aliphatic carbocycles. The summed E-state index contributed by atoms with van der Waals surface area (Å²) in [5.74, 6) is -1.51. The number of alkyl halides is 4. The topological polar surface area (TPSA) is 35.5 Å². The zero-order valence-electron chi connectivity index (χ0n) is 13.3. The molecule has 0 spiro atoms. The highest BCUT2D eigenvalue weighted by Crippen LogP contribution is 2.43. The van der Waals surface area contributed by atoms with E-state index >= 15 is 0 Å². The first-order valence-electron chi connectivity index (χ1n) is 7.36. The highest BCUT2D eigenvalue weighted by Gasteiger charge is 2.64. The van der Waals surface area contributed by atoms with Crippen LogP contribution >= 0.6 is 15.9 Å². The highest BCUT2D eigenvalue weighted by molar-refractivity contribution is 9.09. The number of halogens is 4. The maximum atomic E-state index is 13.8. The Morgan fingerprint density at radius 2 is 1.56 bits per heavy atom. The molecule has 0 aliphatic heterocycles. The van der Waals surface area contributed by atoms with Gasteiger partial charge < -0.3 is 9.47 Å². The first-order valence-corrected chi connectivity index (χ1v) is 8.48. The molecule has 134 valence electrons. The molecule has 3 nitrogen and oxygen atoms in total. The number of ether oxygens (including phenoxy) is 2.